The Bertz CT molecular complexity index is 1020. The van der Waals surface area contributed by atoms with Crippen LogP contribution >= 0.6 is 0 Å². The average molecular weight is 494 g/mol. The minimum atomic E-state index is -2.22. The van der Waals surface area contributed by atoms with Crippen molar-refractivity contribution in [1.29, 1.82) is 0 Å². The molecule has 4 aliphatic carbocycles. The van der Waals surface area contributed by atoms with Gasteiger partial charge in [0.25, 0.3) is 0 Å². The Labute approximate surface area is 205 Å². The second kappa shape index (κ2) is 7.45. The van der Waals surface area contributed by atoms with Gasteiger partial charge in [0, 0.05) is 35.8 Å². The second-order valence-electron chi connectivity index (χ2n) is 13.1. The van der Waals surface area contributed by atoms with Crippen molar-refractivity contribution in [3.63, 3.8) is 0 Å². The maximum atomic E-state index is 17.3. The molecule has 8 heteroatoms. The quantitative estimate of drug-likeness (QED) is 0.617. The molecular formula is C27H37F2NO5. The van der Waals surface area contributed by atoms with Gasteiger partial charge in [-0.3, -0.25) is 9.63 Å². The molecule has 1 aliphatic heterocycles. The van der Waals surface area contributed by atoms with Crippen molar-refractivity contribution in [1.82, 2.24) is 5.06 Å². The number of ketones is 1. The van der Waals surface area contributed by atoms with Gasteiger partial charge in [-0.05, 0) is 61.7 Å². The lowest BCUT2D eigenvalue weighted by molar-refractivity contribution is -0.274. The Balaban J connectivity index is 1.54. The Morgan fingerprint density at radius 3 is 2.57 bits per heavy atom. The van der Waals surface area contributed by atoms with Crippen molar-refractivity contribution in [3.05, 3.63) is 23.8 Å². The zero-order valence-electron chi connectivity index (χ0n) is 21.2. The fourth-order valence-electron chi connectivity index (χ4n) is 8.28. The summed E-state index contributed by atoms with van der Waals surface area (Å²) < 4.78 is 32.8. The van der Waals surface area contributed by atoms with Crippen molar-refractivity contribution < 1.29 is 33.4 Å². The molecule has 0 aromatic rings. The highest BCUT2D eigenvalue weighted by atomic mass is 19.1. The van der Waals surface area contributed by atoms with Crippen molar-refractivity contribution >= 4 is 11.8 Å². The number of fused-ring (bicyclic) bond motifs is 7. The number of rotatable bonds is 3. The molecule has 0 aromatic heterocycles. The molecule has 0 aromatic carbocycles. The van der Waals surface area contributed by atoms with E-state index in [-0.39, 0.29) is 29.6 Å². The van der Waals surface area contributed by atoms with E-state index < -0.39 is 58.1 Å². The number of carboxylic acids is 1. The molecule has 4 fully saturated rings. The van der Waals surface area contributed by atoms with Crippen LogP contribution in [0.2, 0.25) is 0 Å². The first kappa shape index (κ1) is 25.0. The molecule has 5 aliphatic rings. The minimum Gasteiger partial charge on any atom is -0.479 e. The summed E-state index contributed by atoms with van der Waals surface area (Å²) in [6.45, 7) is 10.7. The first-order chi connectivity index (χ1) is 16.1. The standard InChI is InChI=1S/C27H37F2NO5/c1-23(2,3)8-9-30-14-15-10-17-18-12-20(28)19-11-16(31)6-7-24(19,4)26(18,29)21(32)13-25(17,5)27(15,35-30)22(33)34/h6-7,11,15,17-18,20-21,32H,8-10,12-14H2,1-5H3,(H,33,34)/t15-,17-,18-,20-,21-,24-,25-,26-,27-/m0/s1. The highest BCUT2D eigenvalue weighted by Crippen LogP contribution is 2.72. The molecule has 1 heterocycles. The van der Waals surface area contributed by atoms with E-state index in [1.165, 1.54) is 18.2 Å². The number of carbonyl (C=O) groups is 2. The monoisotopic (exact) mass is 493 g/mol. The number of allylic oxidation sites excluding steroid dienone is 4. The molecule has 35 heavy (non-hydrogen) atoms. The maximum Gasteiger partial charge on any atom is 0.339 e. The van der Waals surface area contributed by atoms with E-state index in [2.05, 4.69) is 20.8 Å². The van der Waals surface area contributed by atoms with Crippen LogP contribution in [0.15, 0.2) is 23.8 Å². The predicted octanol–water partition coefficient (Wildman–Crippen LogP) is 4.04. The largest absolute Gasteiger partial charge is 0.479 e. The molecule has 0 amide bonds. The molecule has 5 rings (SSSR count). The minimum absolute atomic E-state index is 0.0482. The number of aliphatic hydroxyl groups is 1. The summed E-state index contributed by atoms with van der Waals surface area (Å²) in [4.78, 5) is 31.1. The van der Waals surface area contributed by atoms with E-state index in [1.807, 2.05) is 0 Å². The summed E-state index contributed by atoms with van der Waals surface area (Å²) in [6, 6.07) is 0. The molecule has 1 saturated heterocycles. The Hall–Kier alpha value is -1.64. The van der Waals surface area contributed by atoms with E-state index >= 15 is 8.78 Å². The second-order valence-corrected chi connectivity index (χ2v) is 13.1. The van der Waals surface area contributed by atoms with Crippen LogP contribution < -0.4 is 0 Å². The van der Waals surface area contributed by atoms with Gasteiger partial charge in [0.2, 0.25) is 0 Å². The first-order valence-electron chi connectivity index (χ1n) is 12.7. The zero-order chi connectivity index (χ0) is 25.8. The summed E-state index contributed by atoms with van der Waals surface area (Å²) in [7, 11) is 0. The molecule has 6 nitrogen and oxygen atoms in total. The molecule has 9 atom stereocenters. The van der Waals surface area contributed by atoms with E-state index in [9.17, 15) is 19.8 Å². The fraction of sp³-hybridized carbons (Fsp3) is 0.778. The number of hydrogen-bond donors (Lipinski definition) is 2. The van der Waals surface area contributed by atoms with Gasteiger partial charge in [0.15, 0.2) is 17.1 Å². The Morgan fingerprint density at radius 2 is 1.94 bits per heavy atom. The van der Waals surface area contributed by atoms with Gasteiger partial charge < -0.3 is 10.2 Å². The highest BCUT2D eigenvalue weighted by Gasteiger charge is 2.80. The summed E-state index contributed by atoms with van der Waals surface area (Å²) in [5.74, 6) is -3.27. The third-order valence-electron chi connectivity index (χ3n) is 10.1. The number of nitrogens with zero attached hydrogens (tertiary/aromatic N) is 1. The van der Waals surface area contributed by atoms with Crippen molar-refractivity contribution in [2.24, 2.45) is 34.0 Å². The van der Waals surface area contributed by atoms with Gasteiger partial charge >= 0.3 is 5.97 Å². The maximum absolute atomic E-state index is 17.3. The van der Waals surface area contributed by atoms with Crippen LogP contribution in [0.1, 0.15) is 60.3 Å². The predicted molar refractivity (Wildman–Crippen MR) is 125 cm³/mol. The lowest BCUT2D eigenvalue weighted by atomic mass is 9.44. The van der Waals surface area contributed by atoms with E-state index in [1.54, 1.807) is 18.9 Å². The van der Waals surface area contributed by atoms with E-state index in [0.717, 1.165) is 6.42 Å². The van der Waals surface area contributed by atoms with Crippen LogP contribution in [0, 0.1) is 34.0 Å². The van der Waals surface area contributed by atoms with Crippen LogP contribution in [0.5, 0.6) is 0 Å². The number of aliphatic carboxylic acids is 1. The molecule has 0 spiro atoms. The first-order valence-corrected chi connectivity index (χ1v) is 12.7. The Kier molecular flexibility index (Phi) is 5.33. The van der Waals surface area contributed by atoms with E-state index in [0.29, 0.717) is 19.5 Å². The van der Waals surface area contributed by atoms with Gasteiger partial charge in [-0.1, -0.05) is 33.8 Å². The van der Waals surface area contributed by atoms with Crippen LogP contribution in [0.3, 0.4) is 0 Å². The molecule has 3 saturated carbocycles. The van der Waals surface area contributed by atoms with Crippen LogP contribution in [-0.4, -0.2) is 63.7 Å². The lowest BCUT2D eigenvalue weighted by Gasteiger charge is -2.63. The van der Waals surface area contributed by atoms with Crippen LogP contribution in [0.25, 0.3) is 0 Å². The van der Waals surface area contributed by atoms with Crippen LogP contribution in [-0.2, 0) is 14.4 Å². The molecule has 194 valence electrons. The highest BCUT2D eigenvalue weighted by molar-refractivity contribution is 6.01. The van der Waals surface area contributed by atoms with Crippen LogP contribution in [0.4, 0.5) is 8.78 Å². The molecular weight excluding hydrogens is 456 g/mol. The van der Waals surface area contributed by atoms with Gasteiger partial charge in [-0.25, -0.2) is 13.6 Å². The summed E-state index contributed by atoms with van der Waals surface area (Å²) in [5.41, 5.74) is -6.25. The van der Waals surface area contributed by atoms with Gasteiger partial charge in [0.05, 0.1) is 6.10 Å². The number of halogens is 2. The number of carbonyl (C=O) groups excluding carboxylic acids is 1. The van der Waals surface area contributed by atoms with Gasteiger partial charge in [0.1, 0.15) is 6.17 Å². The number of carboxylic acid groups (broad SMARTS) is 1. The van der Waals surface area contributed by atoms with Crippen molar-refractivity contribution in [2.75, 3.05) is 13.1 Å². The summed E-state index contributed by atoms with van der Waals surface area (Å²) in [5, 5.41) is 23.7. The molecule has 0 unspecified atom stereocenters. The third kappa shape index (κ3) is 3.08. The molecule has 0 radical (unpaired) electrons. The molecule has 0 bridgehead atoms. The van der Waals surface area contributed by atoms with E-state index in [4.69, 9.17) is 4.84 Å². The number of aliphatic hydroxyl groups excluding tert-OH is 1. The smallest absolute Gasteiger partial charge is 0.339 e. The van der Waals surface area contributed by atoms with Crippen molar-refractivity contribution in [2.45, 2.75) is 83.8 Å². The number of hydroxylamine groups is 2. The lowest BCUT2D eigenvalue weighted by Crippen LogP contribution is -2.70. The zero-order valence-corrected chi connectivity index (χ0v) is 21.2. The van der Waals surface area contributed by atoms with Gasteiger partial charge in [-0.15, -0.1) is 0 Å². The number of hydrogen-bond acceptors (Lipinski definition) is 5. The number of alkyl halides is 2. The fourth-order valence-corrected chi connectivity index (χ4v) is 8.28. The van der Waals surface area contributed by atoms with Crippen molar-refractivity contribution in [3.8, 4) is 0 Å². The average Bonchev–Trinajstić information content (AvgIpc) is 3.23. The van der Waals surface area contributed by atoms with Gasteiger partial charge in [-0.2, -0.15) is 5.06 Å². The SMILES string of the molecule is CC(C)(C)CCN1C[C@@H]2C[C@H]3[C@@H]4C[C@H](F)C5=CC(=O)C=C[C@]5(C)[C@@]4(F)[C@@H](O)C[C@]3(C)[C@]2(C(=O)O)O1. The Morgan fingerprint density at radius 1 is 1.26 bits per heavy atom. The summed E-state index contributed by atoms with van der Waals surface area (Å²) >= 11 is 0. The topological polar surface area (TPSA) is 87.1 Å². The third-order valence-corrected chi connectivity index (χ3v) is 10.1. The normalized spacial score (nSPS) is 49.2. The summed E-state index contributed by atoms with van der Waals surface area (Å²) in [6.07, 6.45) is 1.66. The molecule has 2 N–H and O–H groups in total.